The van der Waals surface area contributed by atoms with E-state index in [1.807, 2.05) is 18.2 Å². The molecule has 3 N–H and O–H groups in total. The number of primary sulfonamides is 1. The van der Waals surface area contributed by atoms with E-state index in [-0.39, 0.29) is 29.8 Å². The van der Waals surface area contributed by atoms with Gasteiger partial charge in [0.15, 0.2) is 11.6 Å². The van der Waals surface area contributed by atoms with E-state index in [4.69, 9.17) is 9.88 Å². The molecule has 0 spiro atoms. The summed E-state index contributed by atoms with van der Waals surface area (Å²) in [5.41, 5.74) is 2.80. The minimum Gasteiger partial charge on any atom is -0.494 e. The number of ether oxygens (including phenoxy) is 1. The number of nitrogens with two attached hydrogens (primary N) is 1. The lowest BCUT2D eigenvalue weighted by Crippen LogP contribution is -2.31. The molecule has 0 saturated heterocycles. The lowest BCUT2D eigenvalue weighted by Gasteiger charge is -2.18. The Labute approximate surface area is 189 Å². The average Bonchev–Trinajstić information content (AvgIpc) is 3.21. The van der Waals surface area contributed by atoms with Crippen molar-refractivity contribution < 1.29 is 22.3 Å². The summed E-state index contributed by atoms with van der Waals surface area (Å²) in [6.07, 6.45) is 4.37. The molecule has 8 heteroatoms. The molecule has 3 atom stereocenters. The molecule has 174 valence electrons. The molecule has 1 saturated carbocycles. The van der Waals surface area contributed by atoms with Crippen LogP contribution in [0.2, 0.25) is 0 Å². The number of nitrogens with one attached hydrogen (secondary N) is 1. The molecule has 0 radical (unpaired) electrons. The van der Waals surface area contributed by atoms with Crippen LogP contribution in [0.15, 0.2) is 42.5 Å². The normalized spacial score (nSPS) is 19.5. The van der Waals surface area contributed by atoms with E-state index in [2.05, 4.69) is 12.2 Å². The number of carbonyl (C=O) groups is 1. The summed E-state index contributed by atoms with van der Waals surface area (Å²) in [6.45, 7) is 2.16. The van der Waals surface area contributed by atoms with Gasteiger partial charge in [0, 0.05) is 12.1 Å². The summed E-state index contributed by atoms with van der Waals surface area (Å²) >= 11 is 0. The van der Waals surface area contributed by atoms with Crippen molar-refractivity contribution in [2.24, 2.45) is 11.1 Å². The van der Waals surface area contributed by atoms with E-state index >= 15 is 0 Å². The summed E-state index contributed by atoms with van der Waals surface area (Å²) in [5, 5.41) is 7.51. The highest BCUT2D eigenvalue weighted by Crippen LogP contribution is 2.42. The first-order valence-electron chi connectivity index (χ1n) is 10.9. The van der Waals surface area contributed by atoms with Crippen LogP contribution in [0, 0.1) is 11.7 Å². The van der Waals surface area contributed by atoms with E-state index < -0.39 is 10.0 Å². The Balaban J connectivity index is 1.53. The van der Waals surface area contributed by atoms with Gasteiger partial charge in [-0.15, -0.1) is 0 Å². The molecule has 1 aliphatic rings. The third kappa shape index (κ3) is 6.53. The van der Waals surface area contributed by atoms with Gasteiger partial charge in [-0.3, -0.25) is 4.79 Å². The maximum absolute atomic E-state index is 13.7. The van der Waals surface area contributed by atoms with Gasteiger partial charge in [-0.2, -0.15) is 0 Å². The van der Waals surface area contributed by atoms with Crippen LogP contribution in [0.1, 0.15) is 65.9 Å². The van der Waals surface area contributed by atoms with E-state index in [1.54, 1.807) is 18.2 Å². The first-order chi connectivity index (χ1) is 15.2. The van der Waals surface area contributed by atoms with Gasteiger partial charge in [-0.25, -0.2) is 17.9 Å². The smallest absolute Gasteiger partial charge is 0.251 e. The number of sulfonamides is 1. The van der Waals surface area contributed by atoms with Crippen LogP contribution in [0.25, 0.3) is 0 Å². The maximum atomic E-state index is 13.7. The van der Waals surface area contributed by atoms with Gasteiger partial charge in [-0.05, 0) is 78.8 Å². The average molecular weight is 463 g/mol. The molecule has 0 unspecified atom stereocenters. The second-order valence-corrected chi connectivity index (χ2v) is 10.4. The van der Waals surface area contributed by atoms with Crippen molar-refractivity contribution in [1.29, 1.82) is 0 Å². The number of carbonyl (C=O) groups excluding carboxylic acids is 1. The van der Waals surface area contributed by atoms with Gasteiger partial charge in [0.25, 0.3) is 5.91 Å². The Kier molecular flexibility index (Phi) is 7.90. The number of rotatable bonds is 9. The van der Waals surface area contributed by atoms with Crippen LogP contribution < -0.4 is 15.2 Å². The molecule has 0 aliphatic heterocycles. The third-order valence-corrected chi connectivity index (χ3v) is 7.06. The molecule has 1 aliphatic carbocycles. The van der Waals surface area contributed by atoms with Crippen molar-refractivity contribution in [3.63, 3.8) is 0 Å². The highest BCUT2D eigenvalue weighted by molar-refractivity contribution is 7.89. The Hall–Kier alpha value is -2.45. The predicted molar refractivity (Wildman–Crippen MR) is 123 cm³/mol. The number of amides is 1. The topological polar surface area (TPSA) is 98.5 Å². The van der Waals surface area contributed by atoms with Crippen molar-refractivity contribution in [2.75, 3.05) is 19.4 Å². The minimum absolute atomic E-state index is 0.0121. The molecule has 1 amide bonds. The van der Waals surface area contributed by atoms with E-state index in [0.29, 0.717) is 23.3 Å². The molecular formula is C24H31FN2O4S. The van der Waals surface area contributed by atoms with Crippen LogP contribution in [-0.4, -0.2) is 33.7 Å². The first-order valence-corrected chi connectivity index (χ1v) is 12.6. The van der Waals surface area contributed by atoms with Crippen molar-refractivity contribution >= 4 is 15.9 Å². The fourth-order valence-corrected chi connectivity index (χ4v) is 4.91. The largest absolute Gasteiger partial charge is 0.494 e. The SMILES string of the molecule is COc1cc([C@@H](C)C[C@H]2CC[C@@H](c3ccc(C(=O)NCCS(N)(=O)=O)cc3)C2)ccc1F. The van der Waals surface area contributed by atoms with Crippen molar-refractivity contribution in [2.45, 2.75) is 44.4 Å². The summed E-state index contributed by atoms with van der Waals surface area (Å²) < 4.78 is 40.7. The zero-order valence-corrected chi connectivity index (χ0v) is 19.3. The van der Waals surface area contributed by atoms with Crippen LogP contribution in [0.3, 0.4) is 0 Å². The van der Waals surface area contributed by atoms with Crippen LogP contribution in [-0.2, 0) is 10.0 Å². The van der Waals surface area contributed by atoms with Gasteiger partial charge >= 0.3 is 0 Å². The number of benzene rings is 2. The molecule has 1 fully saturated rings. The van der Waals surface area contributed by atoms with Gasteiger partial charge in [0.1, 0.15) is 0 Å². The molecular weight excluding hydrogens is 431 g/mol. The number of methoxy groups -OCH3 is 1. The summed E-state index contributed by atoms with van der Waals surface area (Å²) in [7, 11) is -2.11. The predicted octanol–water partition coefficient (Wildman–Crippen LogP) is 3.93. The fraction of sp³-hybridized carbons (Fsp3) is 0.458. The Morgan fingerprint density at radius 3 is 2.59 bits per heavy atom. The van der Waals surface area contributed by atoms with E-state index in [1.165, 1.54) is 18.7 Å². The number of hydrogen-bond acceptors (Lipinski definition) is 4. The molecule has 2 aromatic carbocycles. The van der Waals surface area contributed by atoms with Crippen LogP contribution in [0.4, 0.5) is 4.39 Å². The molecule has 2 aromatic rings. The van der Waals surface area contributed by atoms with Gasteiger partial charge in [0.05, 0.1) is 12.9 Å². The molecule has 6 nitrogen and oxygen atoms in total. The van der Waals surface area contributed by atoms with Crippen LogP contribution in [0.5, 0.6) is 5.75 Å². The Morgan fingerprint density at radius 2 is 1.94 bits per heavy atom. The zero-order chi connectivity index (χ0) is 23.3. The fourth-order valence-electron chi connectivity index (χ4n) is 4.53. The van der Waals surface area contributed by atoms with Crippen molar-refractivity contribution in [3.8, 4) is 5.75 Å². The third-order valence-electron chi connectivity index (χ3n) is 6.29. The van der Waals surface area contributed by atoms with Gasteiger partial charge in [-0.1, -0.05) is 25.1 Å². The summed E-state index contributed by atoms with van der Waals surface area (Å²) in [4.78, 5) is 12.2. The molecule has 3 rings (SSSR count). The maximum Gasteiger partial charge on any atom is 0.251 e. The van der Waals surface area contributed by atoms with E-state index in [9.17, 15) is 17.6 Å². The lowest BCUT2D eigenvalue weighted by atomic mass is 9.88. The number of hydrogen-bond donors (Lipinski definition) is 2. The van der Waals surface area contributed by atoms with Gasteiger partial charge < -0.3 is 10.1 Å². The molecule has 0 aromatic heterocycles. The highest BCUT2D eigenvalue weighted by Gasteiger charge is 2.27. The molecule has 0 bridgehead atoms. The molecule has 0 heterocycles. The highest BCUT2D eigenvalue weighted by atomic mass is 32.2. The Morgan fingerprint density at radius 1 is 1.22 bits per heavy atom. The Bertz CT molecular complexity index is 1040. The quantitative estimate of drug-likeness (QED) is 0.590. The summed E-state index contributed by atoms with van der Waals surface area (Å²) in [6, 6.07) is 12.6. The monoisotopic (exact) mass is 462 g/mol. The standard InChI is InChI=1S/C24H31FN2O4S/c1-16(20-9-10-22(25)23(15-20)31-2)13-17-3-4-21(14-17)18-5-7-19(8-6-18)24(28)27-11-12-32(26,29)30/h5-10,15-17,21H,3-4,11-14H2,1-2H3,(H,27,28)(H2,26,29,30)/t16-,17+,21+/m0/s1. The minimum atomic E-state index is -3.59. The van der Waals surface area contributed by atoms with Crippen molar-refractivity contribution in [3.05, 3.63) is 65.0 Å². The van der Waals surface area contributed by atoms with E-state index in [0.717, 1.165) is 31.2 Å². The number of halogens is 1. The summed E-state index contributed by atoms with van der Waals surface area (Å²) in [5.74, 6) is 0.702. The second-order valence-electron chi connectivity index (χ2n) is 8.65. The molecule has 32 heavy (non-hydrogen) atoms. The van der Waals surface area contributed by atoms with Gasteiger partial charge in [0.2, 0.25) is 10.0 Å². The zero-order valence-electron chi connectivity index (χ0n) is 18.5. The lowest BCUT2D eigenvalue weighted by molar-refractivity contribution is 0.0956. The van der Waals surface area contributed by atoms with Crippen molar-refractivity contribution in [1.82, 2.24) is 5.32 Å². The first kappa shape index (κ1) is 24.2. The van der Waals surface area contributed by atoms with Crippen LogP contribution >= 0.6 is 0 Å². The second kappa shape index (κ2) is 10.4.